The zero-order chi connectivity index (χ0) is 8.39. The van der Waals surface area contributed by atoms with Gasteiger partial charge in [-0.15, -0.1) is 12.6 Å². The van der Waals surface area contributed by atoms with Crippen molar-refractivity contribution in [1.29, 1.82) is 0 Å². The molecule has 2 rings (SSSR count). The van der Waals surface area contributed by atoms with Crippen molar-refractivity contribution >= 4 is 12.6 Å². The first-order valence-corrected chi connectivity index (χ1v) is 3.95. The van der Waals surface area contributed by atoms with Crippen molar-refractivity contribution in [2.45, 2.75) is 5.16 Å². The number of H-pyrrole nitrogens is 1. The molecule has 2 heterocycles. The number of nitrogens with one attached hydrogen (secondary N) is 1. The van der Waals surface area contributed by atoms with Crippen molar-refractivity contribution in [1.82, 2.24) is 15.0 Å². The van der Waals surface area contributed by atoms with Crippen LogP contribution in [0.25, 0.3) is 11.3 Å². The van der Waals surface area contributed by atoms with Crippen LogP contribution in [-0.2, 0) is 0 Å². The van der Waals surface area contributed by atoms with Crippen LogP contribution in [0.2, 0.25) is 0 Å². The molecule has 0 spiro atoms. The van der Waals surface area contributed by atoms with Crippen LogP contribution in [0, 0.1) is 0 Å². The van der Waals surface area contributed by atoms with Crippen molar-refractivity contribution in [3.8, 4) is 11.3 Å². The average molecular weight is 177 g/mol. The van der Waals surface area contributed by atoms with Crippen LogP contribution in [0.15, 0.2) is 35.9 Å². The van der Waals surface area contributed by atoms with Gasteiger partial charge in [-0.25, -0.2) is 4.98 Å². The van der Waals surface area contributed by atoms with Crippen LogP contribution in [0.4, 0.5) is 0 Å². The first-order chi connectivity index (χ1) is 5.86. The Bertz CT molecular complexity index is 369. The van der Waals surface area contributed by atoms with Gasteiger partial charge in [-0.05, 0) is 12.1 Å². The summed E-state index contributed by atoms with van der Waals surface area (Å²) in [5, 5.41) is 0.619. The maximum Gasteiger partial charge on any atom is 0.162 e. The topological polar surface area (TPSA) is 41.6 Å². The predicted molar refractivity (Wildman–Crippen MR) is 49.1 cm³/mol. The molecular weight excluding hydrogens is 170 g/mol. The van der Waals surface area contributed by atoms with Gasteiger partial charge in [-0.3, -0.25) is 4.98 Å². The zero-order valence-electron chi connectivity index (χ0n) is 6.23. The second-order valence-electron chi connectivity index (χ2n) is 2.36. The quantitative estimate of drug-likeness (QED) is 0.652. The molecule has 0 atom stereocenters. The Morgan fingerprint density at radius 1 is 1.33 bits per heavy atom. The van der Waals surface area contributed by atoms with Crippen molar-refractivity contribution < 1.29 is 0 Å². The summed E-state index contributed by atoms with van der Waals surface area (Å²) in [4.78, 5) is 11.0. The second kappa shape index (κ2) is 2.98. The Balaban J connectivity index is 2.45. The van der Waals surface area contributed by atoms with Crippen LogP contribution in [-0.4, -0.2) is 15.0 Å². The molecule has 2 aromatic heterocycles. The number of thiol groups is 1. The van der Waals surface area contributed by atoms with E-state index in [0.29, 0.717) is 5.16 Å². The minimum atomic E-state index is 0.619. The Labute approximate surface area is 75.3 Å². The van der Waals surface area contributed by atoms with Crippen molar-refractivity contribution in [3.05, 3.63) is 30.7 Å². The number of aromatic amines is 1. The Kier molecular flexibility index (Phi) is 1.83. The summed E-state index contributed by atoms with van der Waals surface area (Å²) >= 11 is 4.07. The predicted octanol–water partition coefficient (Wildman–Crippen LogP) is 1.76. The maximum atomic E-state index is 4.07. The van der Waals surface area contributed by atoms with Gasteiger partial charge in [0.1, 0.15) is 0 Å². The lowest BCUT2D eigenvalue weighted by atomic mass is 10.2. The molecule has 1 N–H and O–H groups in total. The molecule has 12 heavy (non-hydrogen) atoms. The number of hydrogen-bond donors (Lipinski definition) is 2. The van der Waals surface area contributed by atoms with E-state index >= 15 is 0 Å². The van der Waals surface area contributed by atoms with Gasteiger partial charge in [0, 0.05) is 18.0 Å². The lowest BCUT2D eigenvalue weighted by Crippen LogP contribution is -1.77. The maximum absolute atomic E-state index is 4.07. The van der Waals surface area contributed by atoms with Crippen LogP contribution in [0.3, 0.4) is 0 Å². The van der Waals surface area contributed by atoms with Gasteiger partial charge >= 0.3 is 0 Å². The molecule has 0 aliphatic heterocycles. The Morgan fingerprint density at radius 3 is 2.83 bits per heavy atom. The summed E-state index contributed by atoms with van der Waals surface area (Å²) in [6, 6.07) is 3.85. The monoisotopic (exact) mass is 177 g/mol. The molecule has 0 bridgehead atoms. The Morgan fingerprint density at radius 2 is 2.25 bits per heavy atom. The standard InChI is InChI=1S/C8H7N3S/c12-8-10-5-7(11-8)6-2-1-3-9-4-6/h1-5H,(H2,10,11,12). The second-order valence-corrected chi connectivity index (χ2v) is 2.79. The number of aromatic nitrogens is 3. The number of pyridine rings is 1. The summed E-state index contributed by atoms with van der Waals surface area (Å²) in [5.74, 6) is 0. The molecule has 4 heteroatoms. The third-order valence-corrected chi connectivity index (χ3v) is 1.76. The highest BCUT2D eigenvalue weighted by molar-refractivity contribution is 7.80. The fourth-order valence-electron chi connectivity index (χ4n) is 0.979. The number of hydrogen-bond acceptors (Lipinski definition) is 3. The molecule has 3 nitrogen and oxygen atoms in total. The van der Waals surface area contributed by atoms with E-state index in [9.17, 15) is 0 Å². The first-order valence-electron chi connectivity index (χ1n) is 3.50. The lowest BCUT2D eigenvalue weighted by Gasteiger charge is -1.93. The SMILES string of the molecule is Sc1ncc(-c2cccnc2)[nH]1. The summed E-state index contributed by atoms with van der Waals surface area (Å²) in [6.45, 7) is 0. The molecule has 60 valence electrons. The normalized spacial score (nSPS) is 10.1. The van der Waals surface area contributed by atoms with E-state index in [1.807, 2.05) is 12.1 Å². The molecule has 0 aromatic carbocycles. The third-order valence-electron chi connectivity index (χ3n) is 1.53. The Hall–Kier alpha value is -1.29. The number of rotatable bonds is 1. The van der Waals surface area contributed by atoms with Crippen molar-refractivity contribution in [2.75, 3.05) is 0 Å². The molecule has 0 radical (unpaired) electrons. The highest BCUT2D eigenvalue weighted by atomic mass is 32.1. The van der Waals surface area contributed by atoms with E-state index in [1.165, 1.54) is 0 Å². The van der Waals surface area contributed by atoms with E-state index < -0.39 is 0 Å². The van der Waals surface area contributed by atoms with Crippen molar-refractivity contribution in [3.63, 3.8) is 0 Å². The summed E-state index contributed by atoms with van der Waals surface area (Å²) in [6.07, 6.45) is 5.25. The zero-order valence-corrected chi connectivity index (χ0v) is 7.12. The van der Waals surface area contributed by atoms with Crippen LogP contribution in [0.1, 0.15) is 0 Å². The minimum Gasteiger partial charge on any atom is -0.333 e. The van der Waals surface area contributed by atoms with Crippen LogP contribution >= 0.6 is 12.6 Å². The van der Waals surface area contributed by atoms with E-state index in [-0.39, 0.29) is 0 Å². The van der Waals surface area contributed by atoms with Gasteiger partial charge in [0.2, 0.25) is 0 Å². The average Bonchev–Trinajstić information content (AvgIpc) is 2.54. The highest BCUT2D eigenvalue weighted by Gasteiger charge is 1.98. The van der Waals surface area contributed by atoms with Crippen LogP contribution in [0.5, 0.6) is 0 Å². The molecule has 0 aliphatic carbocycles. The number of nitrogens with zero attached hydrogens (tertiary/aromatic N) is 2. The smallest absolute Gasteiger partial charge is 0.162 e. The molecule has 0 amide bonds. The van der Waals surface area contributed by atoms with Crippen LogP contribution < -0.4 is 0 Å². The highest BCUT2D eigenvalue weighted by Crippen LogP contribution is 2.15. The largest absolute Gasteiger partial charge is 0.333 e. The van der Waals surface area contributed by atoms with Gasteiger partial charge in [0.15, 0.2) is 5.16 Å². The van der Waals surface area contributed by atoms with Gasteiger partial charge in [0.05, 0.1) is 11.9 Å². The van der Waals surface area contributed by atoms with E-state index in [4.69, 9.17) is 0 Å². The summed E-state index contributed by atoms with van der Waals surface area (Å²) in [7, 11) is 0. The number of imidazole rings is 1. The minimum absolute atomic E-state index is 0.619. The fraction of sp³-hybridized carbons (Fsp3) is 0. The third kappa shape index (κ3) is 1.33. The van der Waals surface area contributed by atoms with E-state index in [2.05, 4.69) is 27.6 Å². The van der Waals surface area contributed by atoms with E-state index in [1.54, 1.807) is 18.6 Å². The van der Waals surface area contributed by atoms with Gasteiger partial charge in [-0.1, -0.05) is 0 Å². The molecular formula is C8H7N3S. The van der Waals surface area contributed by atoms with Gasteiger partial charge < -0.3 is 4.98 Å². The molecule has 0 unspecified atom stereocenters. The molecule has 0 saturated heterocycles. The molecule has 0 saturated carbocycles. The fourth-order valence-corrected chi connectivity index (χ4v) is 1.16. The summed E-state index contributed by atoms with van der Waals surface area (Å²) < 4.78 is 0. The van der Waals surface area contributed by atoms with E-state index in [0.717, 1.165) is 11.3 Å². The molecule has 0 fully saturated rings. The molecule has 2 aromatic rings. The first kappa shape index (κ1) is 7.36. The van der Waals surface area contributed by atoms with Crippen molar-refractivity contribution in [2.24, 2.45) is 0 Å². The summed E-state index contributed by atoms with van der Waals surface area (Å²) in [5.41, 5.74) is 1.96. The van der Waals surface area contributed by atoms with Gasteiger partial charge in [0.25, 0.3) is 0 Å². The lowest BCUT2D eigenvalue weighted by molar-refractivity contribution is 1.07. The van der Waals surface area contributed by atoms with Gasteiger partial charge in [-0.2, -0.15) is 0 Å². The molecule has 0 aliphatic rings.